The number of hydrogen-bond donors (Lipinski definition) is 0. The van der Waals surface area contributed by atoms with Crippen LogP contribution in [-0.2, 0) is 19.1 Å². The Morgan fingerprint density at radius 1 is 1.03 bits per heavy atom. The highest BCUT2D eigenvalue weighted by Crippen LogP contribution is 2.78. The van der Waals surface area contributed by atoms with Crippen LogP contribution >= 0.6 is 0 Å². The van der Waals surface area contributed by atoms with Crippen LogP contribution in [0.15, 0.2) is 12.7 Å². The molecule has 0 aromatic rings. The maximum absolute atomic E-state index is 13.8. The smallest absolute Gasteiger partial charge is 0.330 e. The number of ether oxygens (including phenoxy) is 2. The summed E-state index contributed by atoms with van der Waals surface area (Å²) in [5.41, 5.74) is -1.30. The summed E-state index contributed by atoms with van der Waals surface area (Å²) in [6.45, 7) is 13.5. The van der Waals surface area contributed by atoms with Crippen molar-refractivity contribution in [1.82, 2.24) is 0 Å². The molecule has 0 aromatic heterocycles. The molecular weight excluding hydrogens is 388 g/mol. The molecule has 4 fully saturated rings. The molecule has 1 spiro atoms. The van der Waals surface area contributed by atoms with Crippen molar-refractivity contribution in [2.24, 2.45) is 34.5 Å². The van der Waals surface area contributed by atoms with Gasteiger partial charge in [-0.15, -0.1) is 0 Å². The first-order valence-electron chi connectivity index (χ1n) is 12.5. The molecule has 0 aromatic carbocycles. The molecule has 0 amide bonds. The van der Waals surface area contributed by atoms with Crippen LogP contribution in [0.1, 0.15) is 98.8 Å². The van der Waals surface area contributed by atoms with Crippen LogP contribution in [0.5, 0.6) is 0 Å². The van der Waals surface area contributed by atoms with Crippen molar-refractivity contribution in [3.63, 3.8) is 0 Å². The highest BCUT2D eigenvalue weighted by Gasteiger charge is 2.77. The van der Waals surface area contributed by atoms with Gasteiger partial charge in [-0.2, -0.15) is 0 Å². The molecule has 4 aliphatic carbocycles. The molecule has 0 heterocycles. The third-order valence-electron chi connectivity index (χ3n) is 8.94. The van der Waals surface area contributed by atoms with Gasteiger partial charge in [0, 0.05) is 24.3 Å². The molecule has 174 valence electrons. The van der Waals surface area contributed by atoms with Gasteiger partial charge < -0.3 is 9.47 Å². The van der Waals surface area contributed by atoms with E-state index >= 15 is 0 Å². The summed E-state index contributed by atoms with van der Waals surface area (Å²) in [6.07, 6.45) is 12.9. The lowest BCUT2D eigenvalue weighted by atomic mass is 9.66. The quantitative estimate of drug-likeness (QED) is 0.355. The Bertz CT molecular complexity index is 742. The van der Waals surface area contributed by atoms with Gasteiger partial charge >= 0.3 is 11.9 Å². The molecule has 0 saturated heterocycles. The van der Waals surface area contributed by atoms with Gasteiger partial charge in [0.05, 0.1) is 5.41 Å². The second kappa shape index (κ2) is 7.63. The fraction of sp³-hybridized carbons (Fsp3) is 0.852. The number of esters is 2. The van der Waals surface area contributed by atoms with E-state index in [1.807, 2.05) is 27.7 Å². The minimum absolute atomic E-state index is 0.108. The molecule has 0 radical (unpaired) electrons. The van der Waals surface area contributed by atoms with Gasteiger partial charge in [0.2, 0.25) is 0 Å². The summed E-state index contributed by atoms with van der Waals surface area (Å²) in [4.78, 5) is 25.5. The van der Waals surface area contributed by atoms with Gasteiger partial charge in [-0.1, -0.05) is 32.8 Å². The van der Waals surface area contributed by atoms with Crippen molar-refractivity contribution in [1.29, 1.82) is 0 Å². The van der Waals surface area contributed by atoms with E-state index in [0.717, 1.165) is 5.92 Å². The Hall–Kier alpha value is -1.32. The molecule has 0 aliphatic heterocycles. The van der Waals surface area contributed by atoms with Crippen LogP contribution < -0.4 is 0 Å². The Balaban J connectivity index is 1.57. The standard InChI is InChI=1S/C27H42O4/c1-7-22(28)30-25(5,6)17-24(3,4)23(29)31-27(19-11-9-8-10-12-19)20-13-18(2)14-26(15-20)16-21(26)27/h7,18-21H,1,8-17H2,2-6H3. The summed E-state index contributed by atoms with van der Waals surface area (Å²) < 4.78 is 12.3. The van der Waals surface area contributed by atoms with Gasteiger partial charge in [-0.25, -0.2) is 4.79 Å². The molecule has 31 heavy (non-hydrogen) atoms. The number of carbonyl (C=O) groups is 2. The third kappa shape index (κ3) is 3.97. The highest BCUT2D eigenvalue weighted by molar-refractivity contribution is 5.81. The van der Waals surface area contributed by atoms with E-state index < -0.39 is 17.0 Å². The van der Waals surface area contributed by atoms with Crippen LogP contribution in [0.2, 0.25) is 0 Å². The molecular formula is C27H42O4. The predicted molar refractivity (Wildman–Crippen MR) is 121 cm³/mol. The largest absolute Gasteiger partial charge is 0.458 e. The molecule has 4 rings (SSSR count). The highest BCUT2D eigenvalue weighted by atomic mass is 16.6. The van der Waals surface area contributed by atoms with E-state index in [9.17, 15) is 9.59 Å². The molecule has 4 heteroatoms. The van der Waals surface area contributed by atoms with Crippen LogP contribution in [0.3, 0.4) is 0 Å². The zero-order valence-corrected chi connectivity index (χ0v) is 20.3. The fourth-order valence-electron chi connectivity index (χ4n) is 8.18. The summed E-state index contributed by atoms with van der Waals surface area (Å²) >= 11 is 0. The minimum atomic E-state index is -0.757. The van der Waals surface area contributed by atoms with E-state index in [1.54, 1.807) is 0 Å². The Morgan fingerprint density at radius 3 is 2.35 bits per heavy atom. The van der Waals surface area contributed by atoms with Crippen molar-refractivity contribution < 1.29 is 19.1 Å². The second-order valence-electron chi connectivity index (χ2n) is 12.6. The van der Waals surface area contributed by atoms with Crippen LogP contribution in [-0.4, -0.2) is 23.1 Å². The lowest BCUT2D eigenvalue weighted by Crippen LogP contribution is -2.52. The second-order valence-corrected chi connectivity index (χ2v) is 12.6. The van der Waals surface area contributed by atoms with Crippen LogP contribution in [0, 0.1) is 34.5 Å². The first-order valence-corrected chi connectivity index (χ1v) is 12.5. The van der Waals surface area contributed by atoms with Crippen molar-refractivity contribution in [2.45, 2.75) is 110 Å². The van der Waals surface area contributed by atoms with E-state index in [4.69, 9.17) is 9.47 Å². The molecule has 5 atom stereocenters. The first kappa shape index (κ1) is 22.9. The lowest BCUT2D eigenvalue weighted by Gasteiger charge is -2.47. The number of fused-ring (bicyclic) bond motifs is 1. The van der Waals surface area contributed by atoms with Crippen molar-refractivity contribution >= 4 is 11.9 Å². The summed E-state index contributed by atoms with van der Waals surface area (Å²) in [5, 5.41) is 0. The summed E-state index contributed by atoms with van der Waals surface area (Å²) in [6, 6.07) is 0. The van der Waals surface area contributed by atoms with Crippen molar-refractivity contribution in [2.75, 3.05) is 0 Å². The molecule has 4 saturated carbocycles. The van der Waals surface area contributed by atoms with Crippen LogP contribution in [0.4, 0.5) is 0 Å². The SMILES string of the molecule is C=CC(=O)OC(C)(C)CC(C)(C)C(=O)OC1(C2CCCCC2)C2CC(C)CC3(C2)CC31. The molecule has 4 nitrogen and oxygen atoms in total. The number of carbonyl (C=O) groups excluding carboxylic acids is 2. The van der Waals surface area contributed by atoms with E-state index in [-0.39, 0.29) is 11.6 Å². The minimum Gasteiger partial charge on any atom is -0.458 e. The topological polar surface area (TPSA) is 52.6 Å². The fourth-order valence-corrected chi connectivity index (χ4v) is 8.18. The van der Waals surface area contributed by atoms with E-state index in [0.29, 0.717) is 29.6 Å². The van der Waals surface area contributed by atoms with Gasteiger partial charge in [0.1, 0.15) is 11.2 Å². The normalized spacial score (nSPS) is 37.6. The zero-order valence-electron chi connectivity index (χ0n) is 20.3. The third-order valence-corrected chi connectivity index (χ3v) is 8.94. The zero-order chi connectivity index (χ0) is 22.7. The molecule has 0 N–H and O–H groups in total. The Kier molecular flexibility index (Phi) is 5.62. The van der Waals surface area contributed by atoms with Crippen LogP contribution in [0.25, 0.3) is 0 Å². The predicted octanol–water partition coefficient (Wildman–Crippen LogP) is 6.23. The van der Waals surface area contributed by atoms with E-state index in [2.05, 4.69) is 13.5 Å². The monoisotopic (exact) mass is 430 g/mol. The van der Waals surface area contributed by atoms with Crippen molar-refractivity contribution in [3.8, 4) is 0 Å². The Labute approximate surface area is 188 Å². The molecule has 2 bridgehead atoms. The summed E-state index contributed by atoms with van der Waals surface area (Å²) in [7, 11) is 0. The average molecular weight is 431 g/mol. The maximum Gasteiger partial charge on any atom is 0.330 e. The Morgan fingerprint density at radius 2 is 1.71 bits per heavy atom. The molecule has 4 aliphatic rings. The summed E-state index contributed by atoms with van der Waals surface area (Å²) in [5.74, 6) is 1.76. The number of rotatable bonds is 7. The van der Waals surface area contributed by atoms with Gasteiger partial charge in [-0.05, 0) is 83.5 Å². The van der Waals surface area contributed by atoms with Crippen molar-refractivity contribution in [3.05, 3.63) is 12.7 Å². The van der Waals surface area contributed by atoms with E-state index in [1.165, 1.54) is 63.9 Å². The lowest BCUT2D eigenvalue weighted by molar-refractivity contribution is -0.194. The van der Waals surface area contributed by atoms with Gasteiger partial charge in [0.15, 0.2) is 0 Å². The number of hydrogen-bond acceptors (Lipinski definition) is 4. The maximum atomic E-state index is 13.8. The molecule has 5 unspecified atom stereocenters. The van der Waals surface area contributed by atoms with Gasteiger partial charge in [0.25, 0.3) is 0 Å². The van der Waals surface area contributed by atoms with Gasteiger partial charge in [-0.3, -0.25) is 4.79 Å². The first-order chi connectivity index (χ1) is 14.4. The average Bonchev–Trinajstić information content (AvgIpc) is 3.31.